The number of rotatable bonds is 10. The number of hydrogen-bond donors (Lipinski definition) is 1. The number of nitrogens with zero attached hydrogens (tertiary/aromatic N) is 1. The van der Waals surface area contributed by atoms with Crippen molar-refractivity contribution in [3.63, 3.8) is 0 Å². The van der Waals surface area contributed by atoms with Gasteiger partial charge in [-0.2, -0.15) is 0 Å². The van der Waals surface area contributed by atoms with Gasteiger partial charge in [0, 0.05) is 39.2 Å². The molecule has 0 saturated carbocycles. The third kappa shape index (κ3) is 7.97. The summed E-state index contributed by atoms with van der Waals surface area (Å²) in [5.41, 5.74) is 0.978. The summed E-state index contributed by atoms with van der Waals surface area (Å²) in [5.74, 6) is 0.469. The molecule has 0 spiro atoms. The van der Waals surface area contributed by atoms with E-state index in [1.54, 1.807) is 23.6 Å². The molecule has 0 unspecified atom stereocenters. The van der Waals surface area contributed by atoms with Crippen molar-refractivity contribution in [3.05, 3.63) is 63.6 Å². The molecule has 2 aromatic carbocycles. The fourth-order valence-corrected chi connectivity index (χ4v) is 4.22. The maximum absolute atomic E-state index is 13.1. The molecule has 30 heavy (non-hydrogen) atoms. The second kappa shape index (κ2) is 12.4. The minimum Gasteiger partial charge on any atom is -0.352 e. The Bertz CT molecular complexity index is 847. The van der Waals surface area contributed by atoms with Crippen LogP contribution in [0.3, 0.4) is 0 Å². The molecule has 0 bridgehead atoms. The number of carbonyl (C=O) groups excluding carboxylic acids is 2. The van der Waals surface area contributed by atoms with Gasteiger partial charge in [0.2, 0.25) is 11.8 Å². The van der Waals surface area contributed by atoms with Crippen LogP contribution in [0.5, 0.6) is 0 Å². The molecule has 0 aliphatic rings. The zero-order valence-corrected chi connectivity index (χ0v) is 20.7. The van der Waals surface area contributed by atoms with Crippen LogP contribution in [0.4, 0.5) is 0 Å². The standard InChI is InChI=1S/C23H28BrClN2O2S/c1-4-16(2)26-23(29)17(3)27(15-18-6-5-7-19(24)14-18)22(28)12-13-30-21-10-8-20(25)9-11-21/h5-11,14,16-17H,4,12-13,15H2,1-3H3,(H,26,29)/t16-,17+/m1/s1. The topological polar surface area (TPSA) is 49.4 Å². The van der Waals surface area contributed by atoms with Gasteiger partial charge in [-0.05, 0) is 62.2 Å². The summed E-state index contributed by atoms with van der Waals surface area (Å²) in [6.07, 6.45) is 1.19. The molecule has 0 radical (unpaired) electrons. The molecule has 2 atom stereocenters. The lowest BCUT2D eigenvalue weighted by Crippen LogP contribution is -2.49. The molecule has 7 heteroatoms. The van der Waals surface area contributed by atoms with Crippen LogP contribution in [0.15, 0.2) is 57.9 Å². The smallest absolute Gasteiger partial charge is 0.242 e. The van der Waals surface area contributed by atoms with E-state index in [0.717, 1.165) is 21.4 Å². The Hall–Kier alpha value is -1.50. The summed E-state index contributed by atoms with van der Waals surface area (Å²) < 4.78 is 0.947. The van der Waals surface area contributed by atoms with E-state index in [1.165, 1.54) is 0 Å². The van der Waals surface area contributed by atoms with E-state index in [-0.39, 0.29) is 17.9 Å². The highest BCUT2D eigenvalue weighted by Gasteiger charge is 2.26. The van der Waals surface area contributed by atoms with Crippen molar-refractivity contribution >= 4 is 51.1 Å². The van der Waals surface area contributed by atoms with Crippen LogP contribution in [0.25, 0.3) is 0 Å². The number of thioether (sulfide) groups is 1. The van der Waals surface area contributed by atoms with Crippen LogP contribution >= 0.6 is 39.3 Å². The third-order valence-corrected chi connectivity index (χ3v) is 6.57. The molecule has 0 aliphatic heterocycles. The van der Waals surface area contributed by atoms with Crippen LogP contribution in [0, 0.1) is 0 Å². The van der Waals surface area contributed by atoms with E-state index < -0.39 is 6.04 Å². The van der Waals surface area contributed by atoms with E-state index in [0.29, 0.717) is 23.7 Å². The van der Waals surface area contributed by atoms with Crippen LogP contribution in [-0.4, -0.2) is 34.6 Å². The van der Waals surface area contributed by atoms with E-state index in [2.05, 4.69) is 21.2 Å². The quantitative estimate of drug-likeness (QED) is 0.403. The molecule has 0 saturated heterocycles. The first-order chi connectivity index (χ1) is 14.3. The SMILES string of the molecule is CC[C@@H](C)NC(=O)[C@H](C)N(Cc1cccc(Br)c1)C(=O)CCSc1ccc(Cl)cc1. The van der Waals surface area contributed by atoms with Gasteiger partial charge < -0.3 is 10.2 Å². The van der Waals surface area contributed by atoms with Gasteiger partial charge in [0.15, 0.2) is 0 Å². The van der Waals surface area contributed by atoms with Crippen molar-refractivity contribution < 1.29 is 9.59 Å². The average Bonchev–Trinajstić information content (AvgIpc) is 2.72. The Morgan fingerprint density at radius 2 is 1.87 bits per heavy atom. The van der Waals surface area contributed by atoms with Gasteiger partial charge in [-0.1, -0.05) is 46.6 Å². The van der Waals surface area contributed by atoms with Gasteiger partial charge >= 0.3 is 0 Å². The number of halogens is 2. The Morgan fingerprint density at radius 1 is 1.17 bits per heavy atom. The number of hydrogen-bond acceptors (Lipinski definition) is 3. The molecule has 0 fully saturated rings. The highest BCUT2D eigenvalue weighted by molar-refractivity contribution is 9.10. The molecule has 1 N–H and O–H groups in total. The Morgan fingerprint density at radius 3 is 2.50 bits per heavy atom. The zero-order chi connectivity index (χ0) is 22.1. The van der Waals surface area contributed by atoms with Gasteiger partial charge in [-0.3, -0.25) is 9.59 Å². The highest BCUT2D eigenvalue weighted by atomic mass is 79.9. The highest BCUT2D eigenvalue weighted by Crippen LogP contribution is 2.22. The second-order valence-corrected chi connectivity index (χ2v) is 9.72. The fourth-order valence-electron chi connectivity index (χ4n) is 2.81. The molecular formula is C23H28BrClN2O2S. The first kappa shape index (κ1) is 24.8. The van der Waals surface area contributed by atoms with E-state index in [1.807, 2.05) is 62.4 Å². The minimum atomic E-state index is -0.550. The van der Waals surface area contributed by atoms with Gasteiger partial charge in [-0.15, -0.1) is 11.8 Å². The molecule has 162 valence electrons. The molecule has 4 nitrogen and oxygen atoms in total. The van der Waals surface area contributed by atoms with Crippen LogP contribution in [-0.2, 0) is 16.1 Å². The number of amides is 2. The molecule has 0 aromatic heterocycles. The van der Waals surface area contributed by atoms with E-state index in [9.17, 15) is 9.59 Å². The maximum Gasteiger partial charge on any atom is 0.242 e. The monoisotopic (exact) mass is 510 g/mol. The molecular weight excluding hydrogens is 484 g/mol. The number of carbonyl (C=O) groups is 2. The Labute approximate surface area is 196 Å². The van der Waals surface area contributed by atoms with Gasteiger partial charge in [0.1, 0.15) is 6.04 Å². The predicted molar refractivity (Wildman–Crippen MR) is 129 cm³/mol. The lowest BCUT2D eigenvalue weighted by Gasteiger charge is -2.29. The van der Waals surface area contributed by atoms with Gasteiger partial charge in [-0.25, -0.2) is 0 Å². The summed E-state index contributed by atoms with van der Waals surface area (Å²) >= 11 is 11.0. The van der Waals surface area contributed by atoms with Crippen molar-refractivity contribution in [2.45, 2.75) is 57.1 Å². The van der Waals surface area contributed by atoms with Crippen molar-refractivity contribution in [1.29, 1.82) is 0 Å². The fraction of sp³-hybridized carbons (Fsp3) is 0.391. The van der Waals surface area contributed by atoms with Gasteiger partial charge in [0.25, 0.3) is 0 Å². The lowest BCUT2D eigenvalue weighted by atomic mass is 10.1. The third-order valence-electron chi connectivity index (χ3n) is 4.81. The van der Waals surface area contributed by atoms with Crippen molar-refractivity contribution in [2.75, 3.05) is 5.75 Å². The summed E-state index contributed by atoms with van der Waals surface area (Å²) in [6, 6.07) is 14.9. The predicted octanol–water partition coefficient (Wildman–Crippen LogP) is 5.92. The Kier molecular flexibility index (Phi) is 10.2. The second-order valence-electron chi connectivity index (χ2n) is 7.20. The first-order valence-electron chi connectivity index (χ1n) is 10.0. The molecule has 0 aliphatic carbocycles. The first-order valence-corrected chi connectivity index (χ1v) is 12.2. The van der Waals surface area contributed by atoms with Gasteiger partial charge in [0.05, 0.1) is 0 Å². The summed E-state index contributed by atoms with van der Waals surface area (Å²) in [6.45, 7) is 6.17. The van der Waals surface area contributed by atoms with E-state index >= 15 is 0 Å². The minimum absolute atomic E-state index is 0.0387. The van der Waals surface area contributed by atoms with Crippen molar-refractivity contribution in [2.24, 2.45) is 0 Å². The molecule has 0 heterocycles. The maximum atomic E-state index is 13.1. The lowest BCUT2D eigenvalue weighted by molar-refractivity contribution is -0.140. The average molecular weight is 512 g/mol. The Balaban J connectivity index is 2.07. The largest absolute Gasteiger partial charge is 0.352 e. The van der Waals surface area contributed by atoms with Crippen molar-refractivity contribution in [1.82, 2.24) is 10.2 Å². The van der Waals surface area contributed by atoms with Crippen LogP contribution < -0.4 is 5.32 Å². The van der Waals surface area contributed by atoms with E-state index in [4.69, 9.17) is 11.6 Å². The summed E-state index contributed by atoms with van der Waals surface area (Å²) in [5, 5.41) is 3.68. The molecule has 2 rings (SSSR count). The summed E-state index contributed by atoms with van der Waals surface area (Å²) in [4.78, 5) is 28.5. The molecule has 2 aromatic rings. The van der Waals surface area contributed by atoms with Crippen LogP contribution in [0.2, 0.25) is 5.02 Å². The number of nitrogens with one attached hydrogen (secondary N) is 1. The number of benzene rings is 2. The molecule has 2 amide bonds. The normalized spacial score (nSPS) is 12.8. The van der Waals surface area contributed by atoms with Crippen molar-refractivity contribution in [3.8, 4) is 0 Å². The summed E-state index contributed by atoms with van der Waals surface area (Å²) in [7, 11) is 0. The van der Waals surface area contributed by atoms with Crippen LogP contribution in [0.1, 0.15) is 39.2 Å². The zero-order valence-electron chi connectivity index (χ0n) is 17.5.